The minimum Gasteiger partial charge on any atom is -0.462 e. The van der Waals surface area contributed by atoms with Crippen molar-refractivity contribution in [1.82, 2.24) is 0 Å². The average Bonchev–Trinajstić information content (AvgIpc) is 2.09. The summed E-state index contributed by atoms with van der Waals surface area (Å²) < 4.78 is 5.47. The van der Waals surface area contributed by atoms with Crippen LogP contribution in [0.4, 0.5) is 0 Å². The van der Waals surface area contributed by atoms with Crippen LogP contribution in [-0.2, 0) is 9.53 Å². The highest BCUT2D eigenvalue weighted by molar-refractivity contribution is 5.71. The van der Waals surface area contributed by atoms with Crippen molar-refractivity contribution in [3.05, 3.63) is 0 Å². The predicted octanol–water partition coefficient (Wildman–Crippen LogP) is 3.01. The summed E-state index contributed by atoms with van der Waals surface area (Å²) >= 11 is 0. The van der Waals surface area contributed by atoms with Crippen molar-refractivity contribution in [1.29, 1.82) is 0 Å². The molecule has 2 nitrogen and oxygen atoms in total. The Balaban J connectivity index is 2.41. The molecule has 0 spiro atoms. The molecule has 1 saturated carbocycles. The number of ether oxygens (including phenoxy) is 1. The predicted molar refractivity (Wildman–Crippen MR) is 56.9 cm³/mol. The molecule has 0 heterocycles. The third-order valence-corrected chi connectivity index (χ3v) is 3.09. The molecule has 0 aliphatic heterocycles. The van der Waals surface area contributed by atoms with Gasteiger partial charge in [0, 0.05) is 0 Å². The Morgan fingerprint density at radius 3 is 2.43 bits per heavy atom. The fraction of sp³-hybridized carbons (Fsp3) is 0.917. The molecule has 0 aromatic rings. The summed E-state index contributed by atoms with van der Waals surface area (Å²) in [6, 6.07) is 0. The summed E-state index contributed by atoms with van der Waals surface area (Å²) in [6.45, 7) is 8.24. The van der Waals surface area contributed by atoms with E-state index in [0.717, 1.165) is 12.3 Å². The van der Waals surface area contributed by atoms with E-state index in [2.05, 4.69) is 13.8 Å². The zero-order valence-electron chi connectivity index (χ0n) is 9.75. The van der Waals surface area contributed by atoms with Gasteiger partial charge in [-0.3, -0.25) is 4.79 Å². The van der Waals surface area contributed by atoms with E-state index in [1.165, 1.54) is 12.8 Å². The lowest BCUT2D eigenvalue weighted by Gasteiger charge is -2.32. The molecular weight excluding hydrogens is 176 g/mol. The van der Waals surface area contributed by atoms with Gasteiger partial charge in [-0.1, -0.05) is 27.7 Å². The normalized spacial score (nSPS) is 33.1. The third-order valence-electron chi connectivity index (χ3n) is 3.09. The maximum Gasteiger partial charge on any atom is 0.308 e. The highest BCUT2D eigenvalue weighted by Gasteiger charge is 2.28. The van der Waals surface area contributed by atoms with Crippen LogP contribution in [0.3, 0.4) is 0 Å². The number of hydrogen-bond acceptors (Lipinski definition) is 2. The first kappa shape index (κ1) is 11.5. The Labute approximate surface area is 87.0 Å². The van der Waals surface area contributed by atoms with Crippen LogP contribution in [-0.4, -0.2) is 12.1 Å². The van der Waals surface area contributed by atoms with Crippen LogP contribution in [0.15, 0.2) is 0 Å². The van der Waals surface area contributed by atoms with Crippen molar-refractivity contribution in [2.75, 3.05) is 0 Å². The Morgan fingerprint density at radius 1 is 1.29 bits per heavy atom. The molecule has 0 bridgehead atoms. The van der Waals surface area contributed by atoms with Gasteiger partial charge in [0.25, 0.3) is 0 Å². The molecule has 0 aromatic heterocycles. The van der Waals surface area contributed by atoms with Crippen LogP contribution < -0.4 is 0 Å². The van der Waals surface area contributed by atoms with Gasteiger partial charge in [0.1, 0.15) is 6.10 Å². The van der Waals surface area contributed by atoms with Gasteiger partial charge in [0.15, 0.2) is 0 Å². The molecule has 82 valence electrons. The topological polar surface area (TPSA) is 26.3 Å². The number of hydrogen-bond donors (Lipinski definition) is 0. The second-order valence-corrected chi connectivity index (χ2v) is 5.03. The fourth-order valence-electron chi connectivity index (χ4n) is 2.10. The Hall–Kier alpha value is -0.530. The molecule has 0 saturated heterocycles. The second-order valence-electron chi connectivity index (χ2n) is 5.03. The molecule has 1 rings (SSSR count). The minimum atomic E-state index is -0.0450. The molecule has 1 aliphatic rings. The van der Waals surface area contributed by atoms with Gasteiger partial charge < -0.3 is 4.74 Å². The number of carbonyl (C=O) groups is 1. The molecular formula is C12H22O2. The zero-order valence-corrected chi connectivity index (χ0v) is 9.75. The molecule has 1 aliphatic carbocycles. The highest BCUT2D eigenvalue weighted by atomic mass is 16.5. The van der Waals surface area contributed by atoms with Gasteiger partial charge >= 0.3 is 5.97 Å². The summed E-state index contributed by atoms with van der Waals surface area (Å²) in [5.74, 6) is 1.28. The van der Waals surface area contributed by atoms with E-state index in [1.54, 1.807) is 0 Å². The van der Waals surface area contributed by atoms with Crippen molar-refractivity contribution >= 4 is 5.97 Å². The molecule has 2 heteroatoms. The van der Waals surface area contributed by atoms with Crippen LogP contribution >= 0.6 is 0 Å². The maximum atomic E-state index is 11.4. The van der Waals surface area contributed by atoms with Gasteiger partial charge in [-0.05, 0) is 31.1 Å². The van der Waals surface area contributed by atoms with Gasteiger partial charge in [0.05, 0.1) is 5.92 Å². The summed E-state index contributed by atoms with van der Waals surface area (Å²) in [7, 11) is 0. The number of rotatable bonds is 2. The third kappa shape index (κ3) is 3.00. The van der Waals surface area contributed by atoms with Crippen LogP contribution in [0.5, 0.6) is 0 Å². The molecule has 14 heavy (non-hydrogen) atoms. The van der Waals surface area contributed by atoms with Crippen LogP contribution in [0.2, 0.25) is 0 Å². The monoisotopic (exact) mass is 198 g/mol. The molecule has 3 atom stereocenters. The molecule has 0 N–H and O–H groups in total. The van der Waals surface area contributed by atoms with Crippen molar-refractivity contribution < 1.29 is 9.53 Å². The maximum absolute atomic E-state index is 11.4. The van der Waals surface area contributed by atoms with Crippen LogP contribution in [0.25, 0.3) is 0 Å². The summed E-state index contributed by atoms with van der Waals surface area (Å²) in [4.78, 5) is 11.4. The smallest absolute Gasteiger partial charge is 0.308 e. The molecule has 3 unspecified atom stereocenters. The van der Waals surface area contributed by atoms with E-state index in [0.29, 0.717) is 5.92 Å². The molecule has 0 radical (unpaired) electrons. The number of esters is 1. The highest BCUT2D eigenvalue weighted by Crippen LogP contribution is 2.30. The van der Waals surface area contributed by atoms with Gasteiger partial charge in [-0.25, -0.2) is 0 Å². The first-order valence-electron chi connectivity index (χ1n) is 5.71. The van der Waals surface area contributed by atoms with Crippen LogP contribution in [0, 0.1) is 17.8 Å². The summed E-state index contributed by atoms with van der Waals surface area (Å²) in [5, 5.41) is 0. The average molecular weight is 198 g/mol. The largest absolute Gasteiger partial charge is 0.462 e. The molecule has 0 aromatic carbocycles. The van der Waals surface area contributed by atoms with E-state index in [9.17, 15) is 4.79 Å². The van der Waals surface area contributed by atoms with E-state index >= 15 is 0 Å². The summed E-state index contributed by atoms with van der Waals surface area (Å²) in [6.07, 6.45) is 3.60. The lowest BCUT2D eigenvalue weighted by atomic mass is 9.81. The van der Waals surface area contributed by atoms with E-state index in [-0.39, 0.29) is 18.0 Å². The minimum absolute atomic E-state index is 0.00144. The number of carbonyl (C=O) groups excluding carboxylic acids is 1. The summed E-state index contributed by atoms with van der Waals surface area (Å²) in [5.41, 5.74) is 0. The van der Waals surface area contributed by atoms with Crippen LogP contribution in [0.1, 0.15) is 47.0 Å². The Kier molecular flexibility index (Phi) is 3.97. The fourth-order valence-corrected chi connectivity index (χ4v) is 2.10. The lowest BCUT2D eigenvalue weighted by Crippen LogP contribution is -2.32. The van der Waals surface area contributed by atoms with E-state index in [1.807, 2.05) is 13.8 Å². The Morgan fingerprint density at radius 2 is 1.93 bits per heavy atom. The molecule has 0 amide bonds. The first-order valence-corrected chi connectivity index (χ1v) is 5.71. The lowest BCUT2D eigenvalue weighted by molar-refractivity contribution is -0.157. The second kappa shape index (κ2) is 4.81. The quantitative estimate of drug-likeness (QED) is 0.637. The van der Waals surface area contributed by atoms with Gasteiger partial charge in [0.2, 0.25) is 0 Å². The van der Waals surface area contributed by atoms with Crippen molar-refractivity contribution in [2.45, 2.75) is 53.1 Å². The SMILES string of the molecule is CC1CCC(OC(=O)C(C)C)C(C)C1. The van der Waals surface area contributed by atoms with Crippen molar-refractivity contribution in [3.63, 3.8) is 0 Å². The molecule has 1 fully saturated rings. The van der Waals surface area contributed by atoms with E-state index in [4.69, 9.17) is 4.74 Å². The van der Waals surface area contributed by atoms with Gasteiger partial charge in [-0.2, -0.15) is 0 Å². The van der Waals surface area contributed by atoms with Crippen molar-refractivity contribution in [2.24, 2.45) is 17.8 Å². The van der Waals surface area contributed by atoms with Gasteiger partial charge in [-0.15, -0.1) is 0 Å². The first-order chi connectivity index (χ1) is 6.50. The van der Waals surface area contributed by atoms with E-state index < -0.39 is 0 Å². The Bertz CT molecular complexity index is 198. The van der Waals surface area contributed by atoms with Crippen molar-refractivity contribution in [3.8, 4) is 0 Å². The zero-order chi connectivity index (χ0) is 10.7. The standard InChI is InChI=1S/C12H22O2/c1-8(2)12(13)14-11-6-5-9(3)7-10(11)4/h8-11H,5-7H2,1-4H3.